The van der Waals surface area contributed by atoms with Gasteiger partial charge in [-0.25, -0.2) is 14.5 Å². The van der Waals surface area contributed by atoms with Crippen LogP contribution >= 0.6 is 0 Å². The smallest absolute Gasteiger partial charge is 0.224 e. The molecule has 1 aliphatic rings. The molecule has 2 atom stereocenters. The average Bonchev–Trinajstić information content (AvgIpc) is 3.28. The van der Waals surface area contributed by atoms with Crippen molar-refractivity contribution in [1.82, 2.24) is 24.6 Å². The van der Waals surface area contributed by atoms with Crippen LogP contribution in [0.4, 0.5) is 17.6 Å². The van der Waals surface area contributed by atoms with Gasteiger partial charge in [-0.2, -0.15) is 10.1 Å². The number of rotatable bonds is 5. The van der Waals surface area contributed by atoms with Crippen molar-refractivity contribution >= 4 is 23.2 Å². The molecular weight excluding hydrogens is 320 g/mol. The second kappa shape index (κ2) is 6.52. The maximum absolute atomic E-state index is 5.67. The molecule has 3 aromatic rings. The molecular formula is C16H20N8O. The highest BCUT2D eigenvalue weighted by atomic mass is 16.5. The highest BCUT2D eigenvalue weighted by molar-refractivity contribution is 5.49. The molecule has 0 bridgehead atoms. The van der Waals surface area contributed by atoms with E-state index in [1.54, 1.807) is 24.0 Å². The number of aromatic nitrogens is 5. The lowest BCUT2D eigenvalue weighted by Crippen LogP contribution is -2.33. The molecule has 0 amide bonds. The van der Waals surface area contributed by atoms with E-state index in [0.717, 1.165) is 30.4 Å². The highest BCUT2D eigenvalue weighted by Gasteiger charge is 2.34. The Morgan fingerprint density at radius 3 is 2.92 bits per heavy atom. The molecule has 0 aromatic carbocycles. The van der Waals surface area contributed by atoms with Gasteiger partial charge >= 0.3 is 0 Å². The van der Waals surface area contributed by atoms with E-state index in [2.05, 4.69) is 35.6 Å². The minimum atomic E-state index is 0.0379. The van der Waals surface area contributed by atoms with Gasteiger partial charge in [0.15, 0.2) is 5.65 Å². The molecule has 4 rings (SSSR count). The Labute approximate surface area is 145 Å². The van der Waals surface area contributed by atoms with E-state index in [1.807, 2.05) is 31.4 Å². The number of hydrogen-bond acceptors (Lipinski definition) is 8. The number of anilines is 3. The molecule has 9 heteroatoms. The summed E-state index contributed by atoms with van der Waals surface area (Å²) in [6.07, 6.45) is 5.42. The first kappa shape index (κ1) is 15.6. The average molecular weight is 340 g/mol. The van der Waals surface area contributed by atoms with Crippen molar-refractivity contribution in [3.8, 4) is 0 Å². The molecule has 130 valence electrons. The molecule has 1 fully saturated rings. The first-order valence-electron chi connectivity index (χ1n) is 8.12. The normalized spacial score (nSPS) is 20.2. The standard InChI is InChI=1S/C16H20N8O/c1-17-16-18-6-3-14(22-16)23-9-11(12(10-23)25-2)20-13-5-8-24-15(21-13)4-7-19-24/h3-8,11-12H,9-10H2,1-2H3,(H,20,21)(H,17,18,22)/t11-,12+/m1/s1. The monoisotopic (exact) mass is 340 g/mol. The number of methoxy groups -OCH3 is 1. The van der Waals surface area contributed by atoms with Crippen LogP contribution in [0.15, 0.2) is 36.8 Å². The lowest BCUT2D eigenvalue weighted by atomic mass is 10.2. The van der Waals surface area contributed by atoms with Crippen LogP contribution in [0.25, 0.3) is 5.65 Å². The van der Waals surface area contributed by atoms with Gasteiger partial charge in [0.2, 0.25) is 5.95 Å². The van der Waals surface area contributed by atoms with Crippen molar-refractivity contribution in [3.05, 3.63) is 36.8 Å². The Balaban J connectivity index is 1.52. The third-order valence-corrected chi connectivity index (χ3v) is 4.35. The summed E-state index contributed by atoms with van der Waals surface area (Å²) < 4.78 is 7.40. The van der Waals surface area contributed by atoms with Crippen LogP contribution < -0.4 is 15.5 Å². The van der Waals surface area contributed by atoms with Crippen molar-refractivity contribution in [2.75, 3.05) is 42.8 Å². The minimum absolute atomic E-state index is 0.0379. The number of hydrogen-bond donors (Lipinski definition) is 2. The number of nitrogens with zero attached hydrogens (tertiary/aromatic N) is 6. The third-order valence-electron chi connectivity index (χ3n) is 4.35. The minimum Gasteiger partial charge on any atom is -0.377 e. The van der Waals surface area contributed by atoms with Crippen LogP contribution in [-0.2, 0) is 4.74 Å². The second-order valence-corrected chi connectivity index (χ2v) is 5.87. The summed E-state index contributed by atoms with van der Waals surface area (Å²) in [5, 5.41) is 10.6. The molecule has 3 aromatic heterocycles. The molecule has 0 radical (unpaired) electrons. The summed E-state index contributed by atoms with van der Waals surface area (Å²) in [5.74, 6) is 2.29. The topological polar surface area (TPSA) is 92.5 Å². The largest absolute Gasteiger partial charge is 0.377 e. The van der Waals surface area contributed by atoms with Gasteiger partial charge in [-0.05, 0) is 12.1 Å². The van der Waals surface area contributed by atoms with E-state index < -0.39 is 0 Å². The molecule has 0 saturated carbocycles. The third kappa shape index (κ3) is 3.05. The fourth-order valence-corrected chi connectivity index (χ4v) is 3.07. The van der Waals surface area contributed by atoms with E-state index in [9.17, 15) is 0 Å². The van der Waals surface area contributed by atoms with E-state index in [-0.39, 0.29) is 12.1 Å². The Morgan fingerprint density at radius 1 is 1.16 bits per heavy atom. The quantitative estimate of drug-likeness (QED) is 0.707. The van der Waals surface area contributed by atoms with Gasteiger partial charge in [-0.1, -0.05) is 0 Å². The first-order chi connectivity index (χ1) is 12.3. The second-order valence-electron chi connectivity index (χ2n) is 5.87. The summed E-state index contributed by atoms with van der Waals surface area (Å²) in [6.45, 7) is 1.52. The van der Waals surface area contributed by atoms with Gasteiger partial charge in [0, 0.05) is 45.7 Å². The molecule has 0 unspecified atom stereocenters. The van der Waals surface area contributed by atoms with Crippen LogP contribution in [0.1, 0.15) is 0 Å². The molecule has 4 heterocycles. The van der Waals surface area contributed by atoms with Gasteiger partial charge in [0.25, 0.3) is 0 Å². The van der Waals surface area contributed by atoms with Crippen molar-refractivity contribution < 1.29 is 4.74 Å². The molecule has 2 N–H and O–H groups in total. The summed E-state index contributed by atoms with van der Waals surface area (Å²) in [4.78, 5) is 15.4. The van der Waals surface area contributed by atoms with Crippen LogP contribution in [0.2, 0.25) is 0 Å². The fourth-order valence-electron chi connectivity index (χ4n) is 3.07. The van der Waals surface area contributed by atoms with Gasteiger partial charge in [0.1, 0.15) is 11.6 Å². The molecule has 0 aliphatic carbocycles. The van der Waals surface area contributed by atoms with Crippen LogP contribution in [0, 0.1) is 0 Å². The number of fused-ring (bicyclic) bond motifs is 1. The summed E-state index contributed by atoms with van der Waals surface area (Å²) in [5.41, 5.74) is 0.809. The summed E-state index contributed by atoms with van der Waals surface area (Å²) in [6, 6.07) is 5.81. The lowest BCUT2D eigenvalue weighted by molar-refractivity contribution is 0.113. The van der Waals surface area contributed by atoms with Crippen LogP contribution in [0.5, 0.6) is 0 Å². The Morgan fingerprint density at radius 2 is 2.08 bits per heavy atom. The van der Waals surface area contributed by atoms with Crippen LogP contribution in [-0.4, -0.2) is 64.0 Å². The van der Waals surface area contributed by atoms with E-state index in [4.69, 9.17) is 4.74 Å². The van der Waals surface area contributed by atoms with Gasteiger partial charge in [-0.15, -0.1) is 0 Å². The van der Waals surface area contributed by atoms with Gasteiger partial charge < -0.3 is 20.3 Å². The van der Waals surface area contributed by atoms with Gasteiger partial charge in [0.05, 0.1) is 18.3 Å². The molecule has 9 nitrogen and oxygen atoms in total. The zero-order valence-electron chi connectivity index (χ0n) is 14.1. The predicted molar refractivity (Wildman–Crippen MR) is 95.0 cm³/mol. The van der Waals surface area contributed by atoms with Gasteiger partial charge in [-0.3, -0.25) is 0 Å². The van der Waals surface area contributed by atoms with E-state index >= 15 is 0 Å². The summed E-state index contributed by atoms with van der Waals surface area (Å²) >= 11 is 0. The molecule has 25 heavy (non-hydrogen) atoms. The maximum atomic E-state index is 5.67. The summed E-state index contributed by atoms with van der Waals surface area (Å²) in [7, 11) is 3.54. The SMILES string of the molecule is CNc1nccc(N2C[C@H](OC)[C@H](Nc3ccn4nccc4n3)C2)n1. The van der Waals surface area contributed by atoms with Crippen molar-refractivity contribution in [3.63, 3.8) is 0 Å². The van der Waals surface area contributed by atoms with Crippen molar-refractivity contribution in [1.29, 1.82) is 0 Å². The number of nitrogens with one attached hydrogen (secondary N) is 2. The zero-order valence-corrected chi connectivity index (χ0v) is 14.1. The highest BCUT2D eigenvalue weighted by Crippen LogP contribution is 2.23. The maximum Gasteiger partial charge on any atom is 0.224 e. The van der Waals surface area contributed by atoms with Crippen molar-refractivity contribution in [2.45, 2.75) is 12.1 Å². The zero-order chi connectivity index (χ0) is 17.2. The number of ether oxygens (including phenoxy) is 1. The fraction of sp³-hybridized carbons (Fsp3) is 0.375. The first-order valence-corrected chi connectivity index (χ1v) is 8.12. The molecule has 0 spiro atoms. The predicted octanol–water partition coefficient (Wildman–Crippen LogP) is 0.877. The Bertz CT molecular complexity index is 866. The Hall–Kier alpha value is -2.94. The lowest BCUT2D eigenvalue weighted by Gasteiger charge is -2.19. The van der Waals surface area contributed by atoms with Crippen molar-refractivity contribution in [2.24, 2.45) is 0 Å². The van der Waals surface area contributed by atoms with E-state index in [1.165, 1.54) is 0 Å². The van der Waals surface area contributed by atoms with Crippen LogP contribution in [0.3, 0.4) is 0 Å². The van der Waals surface area contributed by atoms with E-state index in [0.29, 0.717) is 5.95 Å². The Kier molecular flexibility index (Phi) is 4.06. The molecule has 1 aliphatic heterocycles. The molecule has 1 saturated heterocycles.